The van der Waals surface area contributed by atoms with Crippen molar-refractivity contribution in [3.63, 3.8) is 0 Å². The highest BCUT2D eigenvalue weighted by atomic mass is 16.5. The first-order valence-electron chi connectivity index (χ1n) is 11.4. The molecule has 1 unspecified atom stereocenters. The summed E-state index contributed by atoms with van der Waals surface area (Å²) in [5.74, 6) is 0.553. The first-order valence-corrected chi connectivity index (χ1v) is 11.4. The van der Waals surface area contributed by atoms with Gasteiger partial charge in [0.25, 0.3) is 5.91 Å². The van der Waals surface area contributed by atoms with Crippen LogP contribution in [0.3, 0.4) is 0 Å². The molecular weight excluding hydrogens is 430 g/mol. The molecule has 2 amide bonds. The lowest BCUT2D eigenvalue weighted by atomic mass is 9.96. The quantitative estimate of drug-likeness (QED) is 0.497. The molecular formula is C26H29N5O3. The van der Waals surface area contributed by atoms with Crippen molar-refractivity contribution < 1.29 is 14.1 Å². The van der Waals surface area contributed by atoms with Gasteiger partial charge >= 0.3 is 0 Å². The summed E-state index contributed by atoms with van der Waals surface area (Å²) < 4.78 is 5.47. The Morgan fingerprint density at radius 2 is 2.09 bits per heavy atom. The maximum absolute atomic E-state index is 13.0. The number of carbonyl (C=O) groups excluding carboxylic acids is 2. The van der Waals surface area contributed by atoms with Gasteiger partial charge in [-0.05, 0) is 44.5 Å². The smallest absolute Gasteiger partial charge is 0.253 e. The third kappa shape index (κ3) is 5.77. The van der Waals surface area contributed by atoms with E-state index in [0.717, 1.165) is 30.5 Å². The second-order valence-electron chi connectivity index (χ2n) is 8.49. The number of nitrogens with zero attached hydrogens (tertiary/aromatic N) is 3. The SMILES string of the molecule is C=CCNC(=O)c1ccccc1NC(=O)C1CCCN(Cc2nc(-c3cccc(C)c3)no2)C1. The first kappa shape index (κ1) is 23.4. The van der Waals surface area contributed by atoms with E-state index in [1.54, 1.807) is 30.3 Å². The standard InChI is InChI=1S/C26H29N5O3/c1-3-13-27-26(33)21-11-4-5-12-22(21)28-25(32)20-10-7-14-31(16-20)17-23-29-24(30-34-23)19-9-6-8-18(2)15-19/h3-6,8-9,11-12,15,20H,1,7,10,13-14,16-17H2,2H3,(H,27,33)(H,28,32). The lowest BCUT2D eigenvalue weighted by molar-refractivity contribution is -0.121. The monoisotopic (exact) mass is 459 g/mol. The predicted molar refractivity (Wildman–Crippen MR) is 130 cm³/mol. The molecule has 176 valence electrons. The third-order valence-corrected chi connectivity index (χ3v) is 5.82. The summed E-state index contributed by atoms with van der Waals surface area (Å²) in [6.07, 6.45) is 3.28. The van der Waals surface area contributed by atoms with Gasteiger partial charge in [0.2, 0.25) is 17.6 Å². The van der Waals surface area contributed by atoms with Crippen LogP contribution >= 0.6 is 0 Å². The van der Waals surface area contributed by atoms with Gasteiger partial charge in [-0.25, -0.2) is 0 Å². The number of hydrogen-bond donors (Lipinski definition) is 2. The van der Waals surface area contributed by atoms with Crippen molar-refractivity contribution in [1.29, 1.82) is 0 Å². The fraction of sp³-hybridized carbons (Fsp3) is 0.308. The summed E-state index contributed by atoms with van der Waals surface area (Å²) >= 11 is 0. The van der Waals surface area contributed by atoms with E-state index in [4.69, 9.17) is 4.52 Å². The lowest BCUT2D eigenvalue weighted by Crippen LogP contribution is -2.40. The summed E-state index contributed by atoms with van der Waals surface area (Å²) in [4.78, 5) is 32.2. The molecule has 0 bridgehead atoms. The number of amides is 2. The maximum atomic E-state index is 13.0. The van der Waals surface area contributed by atoms with Crippen LogP contribution in [0.15, 0.2) is 65.7 Å². The first-order chi connectivity index (χ1) is 16.5. The van der Waals surface area contributed by atoms with Gasteiger partial charge < -0.3 is 15.2 Å². The van der Waals surface area contributed by atoms with E-state index in [-0.39, 0.29) is 17.7 Å². The molecule has 1 fully saturated rings. The Balaban J connectivity index is 1.38. The molecule has 0 saturated carbocycles. The minimum Gasteiger partial charge on any atom is -0.349 e. The molecule has 1 atom stereocenters. The van der Waals surface area contributed by atoms with Gasteiger partial charge in [0.15, 0.2) is 0 Å². The number of aryl methyl sites for hydroxylation is 1. The Morgan fingerprint density at radius 1 is 1.24 bits per heavy atom. The molecule has 0 radical (unpaired) electrons. The summed E-state index contributed by atoms with van der Waals surface area (Å²) in [5.41, 5.74) is 2.99. The fourth-order valence-corrected chi connectivity index (χ4v) is 4.11. The summed E-state index contributed by atoms with van der Waals surface area (Å²) in [5, 5.41) is 9.82. The topological polar surface area (TPSA) is 100 Å². The molecule has 4 rings (SSSR count). The van der Waals surface area contributed by atoms with Crippen LogP contribution in [0.25, 0.3) is 11.4 Å². The van der Waals surface area contributed by atoms with E-state index in [1.807, 2.05) is 31.2 Å². The average molecular weight is 460 g/mol. The van der Waals surface area contributed by atoms with Gasteiger partial charge in [0.05, 0.1) is 23.7 Å². The second-order valence-corrected chi connectivity index (χ2v) is 8.49. The molecule has 2 N–H and O–H groups in total. The van der Waals surface area contributed by atoms with Crippen molar-refractivity contribution in [3.05, 3.63) is 78.2 Å². The molecule has 8 nitrogen and oxygen atoms in total. The van der Waals surface area contributed by atoms with Gasteiger partial charge in [0, 0.05) is 18.7 Å². The molecule has 2 heterocycles. The van der Waals surface area contributed by atoms with Crippen LogP contribution in [0, 0.1) is 12.8 Å². The van der Waals surface area contributed by atoms with Gasteiger partial charge in [-0.2, -0.15) is 4.98 Å². The van der Waals surface area contributed by atoms with Crippen molar-refractivity contribution in [2.45, 2.75) is 26.3 Å². The van der Waals surface area contributed by atoms with Crippen molar-refractivity contribution in [3.8, 4) is 11.4 Å². The molecule has 3 aromatic rings. The van der Waals surface area contributed by atoms with E-state index in [1.165, 1.54) is 0 Å². The Morgan fingerprint density at radius 3 is 2.91 bits per heavy atom. The number of para-hydroxylation sites is 1. The zero-order valence-corrected chi connectivity index (χ0v) is 19.3. The van der Waals surface area contributed by atoms with Crippen LogP contribution in [0.1, 0.15) is 34.7 Å². The highest BCUT2D eigenvalue weighted by molar-refractivity contribution is 6.04. The highest BCUT2D eigenvalue weighted by Crippen LogP contribution is 2.23. The normalized spacial score (nSPS) is 16.1. The van der Waals surface area contributed by atoms with Gasteiger partial charge in [-0.3, -0.25) is 14.5 Å². The van der Waals surface area contributed by atoms with E-state index in [9.17, 15) is 9.59 Å². The zero-order chi connectivity index (χ0) is 23.9. The maximum Gasteiger partial charge on any atom is 0.253 e. The number of anilines is 1. The second kappa shape index (κ2) is 10.9. The summed E-state index contributed by atoms with van der Waals surface area (Å²) in [6.45, 7) is 7.92. The van der Waals surface area contributed by atoms with Gasteiger partial charge in [-0.1, -0.05) is 47.1 Å². The van der Waals surface area contributed by atoms with Crippen LogP contribution in [0.5, 0.6) is 0 Å². The summed E-state index contributed by atoms with van der Waals surface area (Å²) in [7, 11) is 0. The minimum atomic E-state index is -0.248. The molecule has 2 aromatic carbocycles. The highest BCUT2D eigenvalue weighted by Gasteiger charge is 2.27. The molecule has 1 aliphatic heterocycles. The fourth-order valence-electron chi connectivity index (χ4n) is 4.11. The molecule has 34 heavy (non-hydrogen) atoms. The van der Waals surface area contributed by atoms with Crippen molar-refractivity contribution in [2.24, 2.45) is 5.92 Å². The van der Waals surface area contributed by atoms with Gasteiger partial charge in [0.1, 0.15) is 0 Å². The number of aromatic nitrogens is 2. The molecule has 1 saturated heterocycles. The van der Waals surface area contributed by atoms with Gasteiger partial charge in [-0.15, -0.1) is 6.58 Å². The van der Waals surface area contributed by atoms with Crippen LogP contribution in [-0.4, -0.2) is 46.5 Å². The number of hydrogen-bond acceptors (Lipinski definition) is 6. The zero-order valence-electron chi connectivity index (χ0n) is 19.3. The van der Waals surface area contributed by atoms with Crippen molar-refractivity contribution in [1.82, 2.24) is 20.4 Å². The Labute approximate surface area is 199 Å². The Bertz CT molecular complexity index is 1170. The van der Waals surface area contributed by atoms with Crippen LogP contribution in [0.2, 0.25) is 0 Å². The van der Waals surface area contributed by atoms with E-state index < -0.39 is 0 Å². The predicted octanol–water partition coefficient (Wildman–Crippen LogP) is 3.81. The minimum absolute atomic E-state index is 0.0975. The van der Waals surface area contributed by atoms with Crippen molar-refractivity contribution >= 4 is 17.5 Å². The molecule has 8 heteroatoms. The van der Waals surface area contributed by atoms with Crippen molar-refractivity contribution in [2.75, 3.05) is 25.0 Å². The number of benzene rings is 2. The van der Waals surface area contributed by atoms with Crippen LogP contribution in [-0.2, 0) is 11.3 Å². The van der Waals surface area contributed by atoms with E-state index in [2.05, 4.69) is 32.3 Å². The Kier molecular flexibility index (Phi) is 7.49. The lowest BCUT2D eigenvalue weighted by Gasteiger charge is -2.31. The largest absolute Gasteiger partial charge is 0.349 e. The average Bonchev–Trinajstić information content (AvgIpc) is 3.31. The van der Waals surface area contributed by atoms with Crippen LogP contribution in [0.4, 0.5) is 5.69 Å². The molecule has 1 aliphatic rings. The number of nitrogens with one attached hydrogen (secondary N) is 2. The number of carbonyl (C=O) groups is 2. The van der Waals surface area contributed by atoms with Crippen LogP contribution < -0.4 is 10.6 Å². The number of likely N-dealkylation sites (tertiary alicyclic amines) is 1. The number of rotatable bonds is 8. The Hall–Kier alpha value is -3.78. The molecule has 0 aliphatic carbocycles. The number of piperidine rings is 1. The van der Waals surface area contributed by atoms with E-state index >= 15 is 0 Å². The molecule has 1 aromatic heterocycles. The van der Waals surface area contributed by atoms with E-state index in [0.29, 0.717) is 42.6 Å². The third-order valence-electron chi connectivity index (χ3n) is 5.82. The molecule has 0 spiro atoms. The summed E-state index contributed by atoms with van der Waals surface area (Å²) in [6, 6.07) is 15.0.